The summed E-state index contributed by atoms with van der Waals surface area (Å²) in [6.45, 7) is 5.57. The molecule has 0 saturated carbocycles. The second kappa shape index (κ2) is 7.60. The van der Waals surface area contributed by atoms with Gasteiger partial charge in [-0.3, -0.25) is 4.79 Å². The van der Waals surface area contributed by atoms with Crippen molar-refractivity contribution in [1.29, 1.82) is 0 Å². The lowest BCUT2D eigenvalue weighted by molar-refractivity contribution is 0.0908. The average molecular weight is 252 g/mol. The van der Waals surface area contributed by atoms with Gasteiger partial charge in [-0.15, -0.1) is 0 Å². The van der Waals surface area contributed by atoms with Gasteiger partial charge in [-0.25, -0.2) is 9.97 Å². The number of nitrogens with zero attached hydrogens (tertiary/aromatic N) is 2. The Balaban J connectivity index is 2.32. The molecule has 6 heteroatoms. The van der Waals surface area contributed by atoms with Crippen molar-refractivity contribution < 1.29 is 9.53 Å². The van der Waals surface area contributed by atoms with Crippen LogP contribution in [0.15, 0.2) is 6.07 Å². The largest absolute Gasteiger partial charge is 0.380 e. The Bertz CT molecular complexity index is 375. The first-order valence-electron chi connectivity index (χ1n) is 6.10. The number of nitrogen functional groups attached to an aromatic ring is 1. The van der Waals surface area contributed by atoms with Gasteiger partial charge in [-0.05, 0) is 19.4 Å². The van der Waals surface area contributed by atoms with Crippen molar-refractivity contribution in [3.63, 3.8) is 0 Å². The van der Waals surface area contributed by atoms with Crippen molar-refractivity contribution in [1.82, 2.24) is 15.3 Å². The van der Waals surface area contributed by atoms with E-state index in [0.717, 1.165) is 19.4 Å². The number of ether oxygens (including phenoxy) is 1. The zero-order chi connectivity index (χ0) is 13.4. The number of nitrogens with one attached hydrogen (secondary N) is 1. The predicted octanol–water partition coefficient (Wildman–Crippen LogP) is 0.914. The van der Waals surface area contributed by atoms with E-state index < -0.39 is 0 Å². The van der Waals surface area contributed by atoms with Crippen LogP contribution in [0.5, 0.6) is 0 Å². The minimum atomic E-state index is -0.258. The van der Waals surface area contributed by atoms with Crippen LogP contribution in [-0.2, 0) is 4.74 Å². The second-order valence-corrected chi connectivity index (χ2v) is 3.97. The van der Waals surface area contributed by atoms with Gasteiger partial charge in [-0.1, -0.05) is 13.3 Å². The van der Waals surface area contributed by atoms with Crippen LogP contribution in [0.2, 0.25) is 0 Å². The Morgan fingerprint density at radius 1 is 1.44 bits per heavy atom. The van der Waals surface area contributed by atoms with E-state index in [0.29, 0.717) is 18.8 Å². The molecule has 0 fully saturated rings. The zero-order valence-corrected chi connectivity index (χ0v) is 10.9. The molecule has 0 aliphatic carbocycles. The van der Waals surface area contributed by atoms with Gasteiger partial charge in [0.2, 0.25) is 5.95 Å². The normalized spacial score (nSPS) is 10.3. The monoisotopic (exact) mass is 252 g/mol. The minimum Gasteiger partial charge on any atom is -0.380 e. The number of amides is 1. The molecule has 0 unspecified atom stereocenters. The summed E-state index contributed by atoms with van der Waals surface area (Å²) in [5, 5.41) is 2.72. The molecule has 18 heavy (non-hydrogen) atoms. The zero-order valence-electron chi connectivity index (χ0n) is 10.9. The fourth-order valence-electron chi connectivity index (χ4n) is 1.38. The molecule has 100 valence electrons. The standard InChI is InChI=1S/C12H20N4O2/c1-3-4-6-18-7-5-14-11(17)10-8-9(2)15-12(13)16-10/h8H,3-7H2,1-2H3,(H,14,17)(H2,13,15,16). The highest BCUT2D eigenvalue weighted by atomic mass is 16.5. The van der Waals surface area contributed by atoms with E-state index >= 15 is 0 Å². The Kier molecular flexibility index (Phi) is 6.07. The average Bonchev–Trinajstić information content (AvgIpc) is 2.32. The quantitative estimate of drug-likeness (QED) is 0.704. The number of nitrogens with two attached hydrogens (primary N) is 1. The molecule has 0 aliphatic rings. The van der Waals surface area contributed by atoms with Crippen molar-refractivity contribution in [2.24, 2.45) is 0 Å². The van der Waals surface area contributed by atoms with E-state index in [1.807, 2.05) is 0 Å². The summed E-state index contributed by atoms with van der Waals surface area (Å²) < 4.78 is 5.34. The molecule has 0 bridgehead atoms. The third-order valence-electron chi connectivity index (χ3n) is 2.28. The lowest BCUT2D eigenvalue weighted by Crippen LogP contribution is -2.28. The van der Waals surface area contributed by atoms with Crippen molar-refractivity contribution in [3.05, 3.63) is 17.5 Å². The minimum absolute atomic E-state index is 0.111. The Morgan fingerprint density at radius 3 is 2.89 bits per heavy atom. The molecule has 1 amide bonds. The third-order valence-corrected chi connectivity index (χ3v) is 2.28. The SMILES string of the molecule is CCCCOCCNC(=O)c1cc(C)nc(N)n1. The van der Waals surface area contributed by atoms with Crippen molar-refractivity contribution in [3.8, 4) is 0 Å². The van der Waals surface area contributed by atoms with Crippen molar-refractivity contribution >= 4 is 11.9 Å². The molecule has 6 nitrogen and oxygen atoms in total. The van der Waals surface area contributed by atoms with E-state index in [-0.39, 0.29) is 17.5 Å². The summed E-state index contributed by atoms with van der Waals surface area (Å²) in [5.74, 6) is -0.148. The summed E-state index contributed by atoms with van der Waals surface area (Å²) in [6, 6.07) is 1.60. The fraction of sp³-hybridized carbons (Fsp3) is 0.583. The second-order valence-electron chi connectivity index (χ2n) is 3.97. The molecule has 0 radical (unpaired) electrons. The van der Waals surface area contributed by atoms with Crippen LogP contribution >= 0.6 is 0 Å². The maximum atomic E-state index is 11.7. The topological polar surface area (TPSA) is 90.1 Å². The molecular weight excluding hydrogens is 232 g/mol. The molecule has 1 aromatic rings. The first kappa shape index (κ1) is 14.4. The number of aryl methyl sites for hydroxylation is 1. The number of carbonyl (C=O) groups is 1. The predicted molar refractivity (Wildman–Crippen MR) is 69.2 cm³/mol. The molecule has 1 aromatic heterocycles. The molecule has 3 N–H and O–H groups in total. The number of aromatic nitrogens is 2. The van der Waals surface area contributed by atoms with E-state index in [4.69, 9.17) is 10.5 Å². The van der Waals surface area contributed by atoms with E-state index in [1.54, 1.807) is 13.0 Å². The van der Waals surface area contributed by atoms with Gasteiger partial charge in [0.25, 0.3) is 5.91 Å². The lowest BCUT2D eigenvalue weighted by atomic mass is 10.3. The van der Waals surface area contributed by atoms with Gasteiger partial charge in [-0.2, -0.15) is 0 Å². The first-order chi connectivity index (χ1) is 8.63. The van der Waals surface area contributed by atoms with Gasteiger partial charge >= 0.3 is 0 Å². The highest BCUT2D eigenvalue weighted by Gasteiger charge is 2.08. The highest BCUT2D eigenvalue weighted by molar-refractivity contribution is 5.92. The van der Waals surface area contributed by atoms with Crippen molar-refractivity contribution in [2.45, 2.75) is 26.7 Å². The molecule has 0 spiro atoms. The maximum Gasteiger partial charge on any atom is 0.270 e. The van der Waals surface area contributed by atoms with Crippen LogP contribution < -0.4 is 11.1 Å². The summed E-state index contributed by atoms with van der Waals surface area (Å²) >= 11 is 0. The Hall–Kier alpha value is -1.69. The number of carbonyl (C=O) groups excluding carboxylic acids is 1. The van der Waals surface area contributed by atoms with Crippen LogP contribution in [0.3, 0.4) is 0 Å². The summed E-state index contributed by atoms with van der Waals surface area (Å²) in [7, 11) is 0. The van der Waals surface area contributed by atoms with Gasteiger partial charge in [0.1, 0.15) is 5.69 Å². The Labute approximate surface area is 107 Å². The van der Waals surface area contributed by atoms with Crippen LogP contribution in [0.4, 0.5) is 5.95 Å². The van der Waals surface area contributed by atoms with Crippen LogP contribution in [0, 0.1) is 6.92 Å². The summed E-state index contributed by atoms with van der Waals surface area (Å²) in [6.07, 6.45) is 2.14. The third kappa shape index (κ3) is 5.09. The van der Waals surface area contributed by atoms with E-state index in [9.17, 15) is 4.79 Å². The Morgan fingerprint density at radius 2 is 2.22 bits per heavy atom. The van der Waals surface area contributed by atoms with E-state index in [1.165, 1.54) is 0 Å². The molecule has 0 aliphatic heterocycles. The number of rotatable bonds is 7. The maximum absolute atomic E-state index is 11.7. The van der Waals surface area contributed by atoms with Gasteiger partial charge < -0.3 is 15.8 Å². The number of hydrogen-bond acceptors (Lipinski definition) is 5. The molecular formula is C12H20N4O2. The first-order valence-corrected chi connectivity index (χ1v) is 6.10. The van der Waals surface area contributed by atoms with Crippen LogP contribution in [-0.4, -0.2) is 35.6 Å². The fourth-order valence-corrected chi connectivity index (χ4v) is 1.38. The number of unbranched alkanes of at least 4 members (excludes halogenated alkanes) is 1. The van der Waals surface area contributed by atoms with Gasteiger partial charge in [0, 0.05) is 18.8 Å². The van der Waals surface area contributed by atoms with E-state index in [2.05, 4.69) is 22.2 Å². The molecule has 1 rings (SSSR count). The summed E-state index contributed by atoms with van der Waals surface area (Å²) in [5.41, 5.74) is 6.44. The van der Waals surface area contributed by atoms with Crippen molar-refractivity contribution in [2.75, 3.05) is 25.5 Å². The van der Waals surface area contributed by atoms with Gasteiger partial charge in [0.05, 0.1) is 6.61 Å². The van der Waals surface area contributed by atoms with Gasteiger partial charge in [0.15, 0.2) is 0 Å². The highest BCUT2D eigenvalue weighted by Crippen LogP contribution is 2.01. The smallest absolute Gasteiger partial charge is 0.270 e. The van der Waals surface area contributed by atoms with Crippen LogP contribution in [0.1, 0.15) is 35.9 Å². The lowest BCUT2D eigenvalue weighted by Gasteiger charge is -2.06. The van der Waals surface area contributed by atoms with Crippen LogP contribution in [0.25, 0.3) is 0 Å². The summed E-state index contributed by atoms with van der Waals surface area (Å²) in [4.78, 5) is 19.5. The molecule has 0 aromatic carbocycles. The number of hydrogen-bond donors (Lipinski definition) is 2. The molecule has 0 atom stereocenters. The molecule has 1 heterocycles. The molecule has 0 saturated heterocycles. The number of anilines is 1.